The normalized spacial score (nSPS) is 21.3. The molecule has 1 saturated heterocycles. The summed E-state index contributed by atoms with van der Waals surface area (Å²) in [7, 11) is 1.41. The number of amides is 1. The molecular weight excluding hydrogens is 304 g/mol. The summed E-state index contributed by atoms with van der Waals surface area (Å²) in [4.78, 5) is 26.6. The number of esters is 1. The van der Waals surface area contributed by atoms with E-state index < -0.39 is 0 Å². The van der Waals surface area contributed by atoms with Crippen molar-refractivity contribution in [1.82, 2.24) is 4.90 Å². The highest BCUT2D eigenvalue weighted by Gasteiger charge is 2.33. The van der Waals surface area contributed by atoms with E-state index in [1.165, 1.54) is 7.11 Å². The van der Waals surface area contributed by atoms with Crippen LogP contribution in [0.2, 0.25) is 0 Å². The summed E-state index contributed by atoms with van der Waals surface area (Å²) in [6.45, 7) is 7.74. The molecular formula is C19H28N2O3. The van der Waals surface area contributed by atoms with Gasteiger partial charge in [-0.2, -0.15) is 0 Å². The number of anilines is 1. The molecule has 0 bridgehead atoms. The largest absolute Gasteiger partial charge is 0.469 e. The van der Waals surface area contributed by atoms with Crippen LogP contribution in [0.3, 0.4) is 0 Å². The number of aryl methyl sites for hydroxylation is 2. The molecule has 24 heavy (non-hydrogen) atoms. The smallest absolute Gasteiger partial charge is 0.305 e. The number of rotatable bonds is 5. The van der Waals surface area contributed by atoms with Gasteiger partial charge in [-0.1, -0.05) is 25.1 Å². The fraction of sp³-hybridized carbons (Fsp3) is 0.579. The van der Waals surface area contributed by atoms with Gasteiger partial charge in [0, 0.05) is 12.1 Å². The molecule has 0 aromatic heterocycles. The molecule has 5 nitrogen and oxygen atoms in total. The first kappa shape index (κ1) is 18.5. The van der Waals surface area contributed by atoms with Crippen LogP contribution in [0.1, 0.15) is 37.3 Å². The first-order valence-corrected chi connectivity index (χ1v) is 8.64. The Hall–Kier alpha value is -1.88. The van der Waals surface area contributed by atoms with Crippen molar-refractivity contribution >= 4 is 17.6 Å². The predicted molar refractivity (Wildman–Crippen MR) is 94.9 cm³/mol. The molecule has 1 fully saturated rings. The third kappa shape index (κ3) is 4.35. The molecule has 1 amide bonds. The molecule has 0 aliphatic carbocycles. The second kappa shape index (κ2) is 8.29. The highest BCUT2D eigenvalue weighted by Crippen LogP contribution is 2.28. The van der Waals surface area contributed by atoms with Gasteiger partial charge in [-0.3, -0.25) is 14.5 Å². The van der Waals surface area contributed by atoms with Crippen molar-refractivity contribution in [2.45, 2.75) is 46.1 Å². The zero-order valence-corrected chi connectivity index (χ0v) is 15.1. The molecule has 132 valence electrons. The molecule has 0 spiro atoms. The van der Waals surface area contributed by atoms with Gasteiger partial charge in [-0.05, 0) is 56.8 Å². The number of benzene rings is 1. The second-order valence-corrected chi connectivity index (χ2v) is 6.57. The number of piperidine rings is 1. The molecule has 1 aromatic rings. The van der Waals surface area contributed by atoms with Crippen molar-refractivity contribution < 1.29 is 14.3 Å². The Labute approximate surface area is 144 Å². The van der Waals surface area contributed by atoms with Gasteiger partial charge in [0.2, 0.25) is 5.91 Å². The van der Waals surface area contributed by atoms with Crippen LogP contribution in [0.5, 0.6) is 0 Å². The van der Waals surface area contributed by atoms with E-state index >= 15 is 0 Å². The highest BCUT2D eigenvalue weighted by atomic mass is 16.5. The van der Waals surface area contributed by atoms with E-state index in [2.05, 4.69) is 17.1 Å². The Balaban J connectivity index is 2.10. The van der Waals surface area contributed by atoms with E-state index in [0.29, 0.717) is 12.8 Å². The lowest BCUT2D eigenvalue weighted by molar-refractivity contribution is -0.142. The summed E-state index contributed by atoms with van der Waals surface area (Å²) in [5.74, 6) is 0.0247. The maximum Gasteiger partial charge on any atom is 0.305 e. The summed E-state index contributed by atoms with van der Waals surface area (Å²) in [5, 5.41) is 3.10. The average molecular weight is 332 g/mol. The molecule has 2 atom stereocenters. The van der Waals surface area contributed by atoms with Crippen LogP contribution in [0.4, 0.5) is 5.69 Å². The maximum atomic E-state index is 12.9. The number of hydrogen-bond donors (Lipinski definition) is 1. The van der Waals surface area contributed by atoms with Gasteiger partial charge < -0.3 is 10.1 Å². The number of hydrogen-bond acceptors (Lipinski definition) is 4. The van der Waals surface area contributed by atoms with Gasteiger partial charge in [-0.25, -0.2) is 0 Å². The zero-order chi connectivity index (χ0) is 17.7. The Morgan fingerprint density at radius 2 is 1.96 bits per heavy atom. The molecule has 0 saturated carbocycles. The molecule has 5 heteroatoms. The van der Waals surface area contributed by atoms with Crippen LogP contribution in [0, 0.1) is 19.8 Å². The summed E-state index contributed by atoms with van der Waals surface area (Å²) in [5.41, 5.74) is 3.02. The Morgan fingerprint density at radius 3 is 2.54 bits per heavy atom. The highest BCUT2D eigenvalue weighted by molar-refractivity contribution is 5.96. The van der Waals surface area contributed by atoms with E-state index in [4.69, 9.17) is 4.74 Å². The summed E-state index contributed by atoms with van der Waals surface area (Å²) >= 11 is 0. The third-order valence-electron chi connectivity index (χ3n) is 4.94. The Kier molecular flexibility index (Phi) is 6.37. The van der Waals surface area contributed by atoms with Crippen LogP contribution >= 0.6 is 0 Å². The zero-order valence-electron chi connectivity index (χ0n) is 15.1. The molecule has 1 aliphatic rings. The number of carbonyl (C=O) groups excluding carboxylic acids is 2. The lowest BCUT2D eigenvalue weighted by atomic mass is 9.87. The topological polar surface area (TPSA) is 58.6 Å². The molecule has 0 radical (unpaired) electrons. The summed E-state index contributed by atoms with van der Waals surface area (Å²) < 4.78 is 4.78. The van der Waals surface area contributed by atoms with Gasteiger partial charge in [-0.15, -0.1) is 0 Å². The van der Waals surface area contributed by atoms with E-state index in [1.807, 2.05) is 32.0 Å². The van der Waals surface area contributed by atoms with Gasteiger partial charge >= 0.3 is 5.97 Å². The summed E-state index contributed by atoms with van der Waals surface area (Å²) in [6, 6.07) is 5.80. The number of nitrogens with zero attached hydrogens (tertiary/aromatic N) is 1. The minimum absolute atomic E-state index is 0.0174. The molecule has 2 rings (SSSR count). The monoisotopic (exact) mass is 332 g/mol. The van der Waals surface area contributed by atoms with Crippen molar-refractivity contribution in [1.29, 1.82) is 0 Å². The van der Waals surface area contributed by atoms with Crippen LogP contribution in [0.25, 0.3) is 0 Å². The fourth-order valence-corrected chi connectivity index (χ4v) is 3.46. The van der Waals surface area contributed by atoms with Crippen molar-refractivity contribution in [2.24, 2.45) is 5.92 Å². The van der Waals surface area contributed by atoms with E-state index in [9.17, 15) is 9.59 Å². The van der Waals surface area contributed by atoms with Crippen LogP contribution in [-0.4, -0.2) is 43.0 Å². The summed E-state index contributed by atoms with van der Waals surface area (Å²) in [6.07, 6.45) is 2.01. The number of carbonyl (C=O) groups is 2. The average Bonchev–Trinajstić information content (AvgIpc) is 2.58. The van der Waals surface area contributed by atoms with Crippen molar-refractivity contribution in [3.63, 3.8) is 0 Å². The number of likely N-dealkylation sites (tertiary alicyclic amines) is 1. The number of ether oxygens (including phenoxy) is 1. The van der Waals surface area contributed by atoms with Gasteiger partial charge in [0.15, 0.2) is 0 Å². The quantitative estimate of drug-likeness (QED) is 0.842. The lowest BCUT2D eigenvalue weighted by Crippen LogP contribution is -2.49. The molecule has 1 N–H and O–H groups in total. The number of likely N-dealkylation sites (N-methyl/N-ethyl adjacent to an activating group) is 1. The Morgan fingerprint density at radius 1 is 1.29 bits per heavy atom. The van der Waals surface area contributed by atoms with Crippen LogP contribution in [-0.2, 0) is 14.3 Å². The minimum Gasteiger partial charge on any atom is -0.469 e. The van der Waals surface area contributed by atoms with Crippen molar-refractivity contribution in [3.05, 3.63) is 29.3 Å². The number of methoxy groups -OCH3 is 1. The molecule has 1 unspecified atom stereocenters. The predicted octanol–water partition coefficient (Wildman–Crippen LogP) is 2.91. The SMILES string of the molecule is CCN1CCC(CC(=O)OC)C[C@H]1C(=O)Nc1c(C)cccc1C. The van der Waals surface area contributed by atoms with E-state index in [1.54, 1.807) is 0 Å². The number of nitrogens with one attached hydrogen (secondary N) is 1. The Bertz CT molecular complexity index is 580. The van der Waals surface area contributed by atoms with Gasteiger partial charge in [0.1, 0.15) is 0 Å². The van der Waals surface area contributed by atoms with E-state index in [-0.39, 0.29) is 23.8 Å². The fourth-order valence-electron chi connectivity index (χ4n) is 3.46. The third-order valence-corrected chi connectivity index (χ3v) is 4.94. The molecule has 1 heterocycles. The number of para-hydroxylation sites is 1. The maximum absolute atomic E-state index is 12.9. The van der Waals surface area contributed by atoms with Gasteiger partial charge in [0.05, 0.1) is 13.2 Å². The van der Waals surface area contributed by atoms with E-state index in [0.717, 1.165) is 36.3 Å². The first-order chi connectivity index (χ1) is 11.5. The van der Waals surface area contributed by atoms with Crippen molar-refractivity contribution in [3.8, 4) is 0 Å². The van der Waals surface area contributed by atoms with Crippen LogP contribution in [0.15, 0.2) is 18.2 Å². The van der Waals surface area contributed by atoms with Crippen LogP contribution < -0.4 is 5.32 Å². The first-order valence-electron chi connectivity index (χ1n) is 8.64. The minimum atomic E-state index is -0.197. The standard InChI is InChI=1S/C19H28N2O3/c1-5-21-10-9-15(12-17(22)24-4)11-16(21)19(23)20-18-13(2)7-6-8-14(18)3/h6-8,15-16H,5,9-12H2,1-4H3,(H,20,23)/t15?,16-/m0/s1. The molecule has 1 aromatic carbocycles. The second-order valence-electron chi connectivity index (χ2n) is 6.57. The lowest BCUT2D eigenvalue weighted by Gasteiger charge is -2.37. The molecule has 1 aliphatic heterocycles. The van der Waals surface area contributed by atoms with Crippen molar-refractivity contribution in [2.75, 3.05) is 25.5 Å². The van der Waals surface area contributed by atoms with Gasteiger partial charge in [0.25, 0.3) is 0 Å².